The van der Waals surface area contributed by atoms with E-state index >= 15 is 0 Å². The Kier molecular flexibility index (Phi) is 5.42. The van der Waals surface area contributed by atoms with Gasteiger partial charge in [-0.2, -0.15) is 0 Å². The quantitative estimate of drug-likeness (QED) is 0.568. The zero-order chi connectivity index (χ0) is 12.7. The third-order valence-electron chi connectivity index (χ3n) is 2.26. The highest BCUT2D eigenvalue weighted by atomic mass is 32.1. The summed E-state index contributed by atoms with van der Waals surface area (Å²) in [4.78, 5) is 11.0. The Morgan fingerprint density at radius 1 is 1.18 bits per heavy atom. The van der Waals surface area contributed by atoms with E-state index in [0.717, 1.165) is 12.1 Å². The van der Waals surface area contributed by atoms with Gasteiger partial charge < -0.3 is 5.32 Å². The van der Waals surface area contributed by atoms with Crippen molar-refractivity contribution < 1.29 is 4.79 Å². The molecule has 0 aliphatic rings. The van der Waals surface area contributed by atoms with Gasteiger partial charge in [-0.05, 0) is 36.3 Å². The van der Waals surface area contributed by atoms with E-state index in [-0.39, 0.29) is 5.91 Å². The second-order valence-corrected chi connectivity index (χ2v) is 3.94. The van der Waals surface area contributed by atoms with Crippen LogP contribution in [0.1, 0.15) is 25.8 Å². The van der Waals surface area contributed by atoms with Gasteiger partial charge in [0.1, 0.15) is 0 Å². The van der Waals surface area contributed by atoms with Crippen LogP contribution in [0.5, 0.6) is 0 Å². The molecule has 1 aromatic rings. The second-order valence-electron chi connectivity index (χ2n) is 3.53. The number of carbonyl (C=O) groups is 1. The summed E-state index contributed by atoms with van der Waals surface area (Å²) in [5.41, 5.74) is 7.28. The first-order chi connectivity index (χ1) is 8.15. The molecular formula is C12H17N3OS. The molecule has 0 heterocycles. The first-order valence-electron chi connectivity index (χ1n) is 5.60. The van der Waals surface area contributed by atoms with E-state index in [0.29, 0.717) is 11.5 Å². The maximum absolute atomic E-state index is 11.0. The molecule has 3 N–H and O–H groups in total. The van der Waals surface area contributed by atoms with E-state index < -0.39 is 0 Å². The van der Waals surface area contributed by atoms with E-state index in [2.05, 4.69) is 23.1 Å². The molecule has 0 spiro atoms. The first kappa shape index (κ1) is 13.4. The number of hydrogen-bond donors (Lipinski definition) is 3. The highest BCUT2D eigenvalue weighted by Gasteiger charge is 1.99. The van der Waals surface area contributed by atoms with E-state index in [1.807, 2.05) is 24.3 Å². The van der Waals surface area contributed by atoms with Crippen molar-refractivity contribution >= 4 is 28.9 Å². The van der Waals surface area contributed by atoms with Crippen LogP contribution in [0.25, 0.3) is 0 Å². The summed E-state index contributed by atoms with van der Waals surface area (Å²) in [5, 5.41) is 3.35. The predicted octanol–water partition coefficient (Wildman–Crippen LogP) is 1.98. The minimum Gasteiger partial charge on any atom is -0.331 e. The zero-order valence-corrected chi connectivity index (χ0v) is 10.9. The fourth-order valence-corrected chi connectivity index (χ4v) is 1.37. The van der Waals surface area contributed by atoms with E-state index in [4.69, 9.17) is 12.2 Å². The van der Waals surface area contributed by atoms with Crippen molar-refractivity contribution in [3.63, 3.8) is 0 Å². The van der Waals surface area contributed by atoms with Crippen molar-refractivity contribution in [1.82, 2.24) is 10.9 Å². The number of carbonyl (C=O) groups excluding carboxylic acids is 1. The molecule has 0 bridgehead atoms. The molecule has 0 unspecified atom stereocenters. The largest absolute Gasteiger partial charge is 0.331 e. The molecule has 17 heavy (non-hydrogen) atoms. The molecule has 0 saturated heterocycles. The zero-order valence-electron chi connectivity index (χ0n) is 10.0. The average Bonchev–Trinajstić information content (AvgIpc) is 2.36. The second kappa shape index (κ2) is 6.85. The Morgan fingerprint density at radius 2 is 1.82 bits per heavy atom. The highest BCUT2D eigenvalue weighted by molar-refractivity contribution is 7.80. The highest BCUT2D eigenvalue weighted by Crippen LogP contribution is 2.09. The number of nitrogens with one attached hydrogen (secondary N) is 3. The normalized spacial score (nSPS) is 9.53. The van der Waals surface area contributed by atoms with Crippen LogP contribution >= 0.6 is 12.2 Å². The van der Waals surface area contributed by atoms with Crippen molar-refractivity contribution in [3.05, 3.63) is 29.8 Å². The maximum Gasteiger partial charge on any atom is 0.238 e. The molecule has 0 aromatic heterocycles. The lowest BCUT2D eigenvalue weighted by Gasteiger charge is -2.11. The minimum atomic E-state index is -0.101. The fraction of sp³-hybridized carbons (Fsp3) is 0.333. The summed E-state index contributed by atoms with van der Waals surface area (Å²) in [7, 11) is 0. The lowest BCUT2D eigenvalue weighted by atomic mass is 10.1. The van der Waals surface area contributed by atoms with Gasteiger partial charge in [-0.1, -0.05) is 26.0 Å². The molecule has 5 heteroatoms. The number of aryl methyl sites for hydroxylation is 1. The lowest BCUT2D eigenvalue weighted by Crippen LogP contribution is -2.43. The standard InChI is InChI=1S/C12H17N3OS/c1-3-9-5-7-10(8-6-9)13-12(17)15-14-11(16)4-2/h5-8H,3-4H2,1-2H3,(H,14,16)(H2,13,15,17). The smallest absolute Gasteiger partial charge is 0.238 e. The monoisotopic (exact) mass is 251 g/mol. The van der Waals surface area contributed by atoms with Crippen molar-refractivity contribution in [3.8, 4) is 0 Å². The molecule has 0 aliphatic carbocycles. The lowest BCUT2D eigenvalue weighted by molar-refractivity contribution is -0.121. The summed E-state index contributed by atoms with van der Waals surface area (Å²) in [6.07, 6.45) is 1.43. The fourth-order valence-electron chi connectivity index (χ4n) is 1.20. The van der Waals surface area contributed by atoms with Gasteiger partial charge in [0, 0.05) is 12.1 Å². The van der Waals surface area contributed by atoms with Gasteiger partial charge in [-0.3, -0.25) is 15.6 Å². The molecule has 0 fully saturated rings. The van der Waals surface area contributed by atoms with Gasteiger partial charge in [-0.25, -0.2) is 0 Å². The number of benzene rings is 1. The number of amides is 1. The number of hydrogen-bond acceptors (Lipinski definition) is 2. The van der Waals surface area contributed by atoms with Crippen LogP contribution in [0, 0.1) is 0 Å². The number of thiocarbonyl (C=S) groups is 1. The van der Waals surface area contributed by atoms with E-state index in [1.54, 1.807) is 6.92 Å². The Hall–Kier alpha value is -1.62. The molecule has 0 saturated carbocycles. The molecule has 1 amide bonds. The number of anilines is 1. The van der Waals surface area contributed by atoms with Gasteiger partial charge in [0.05, 0.1) is 0 Å². The van der Waals surface area contributed by atoms with E-state index in [9.17, 15) is 4.79 Å². The van der Waals surface area contributed by atoms with Crippen LogP contribution in [0.2, 0.25) is 0 Å². The maximum atomic E-state index is 11.0. The van der Waals surface area contributed by atoms with E-state index in [1.165, 1.54) is 5.56 Å². The summed E-state index contributed by atoms with van der Waals surface area (Å²) in [5.74, 6) is -0.101. The molecule has 92 valence electrons. The van der Waals surface area contributed by atoms with Crippen LogP contribution < -0.4 is 16.2 Å². The Bertz CT molecular complexity index is 389. The van der Waals surface area contributed by atoms with Crippen LogP contribution in [-0.4, -0.2) is 11.0 Å². The van der Waals surface area contributed by atoms with Crippen LogP contribution in [0.3, 0.4) is 0 Å². The van der Waals surface area contributed by atoms with Crippen LogP contribution in [-0.2, 0) is 11.2 Å². The first-order valence-corrected chi connectivity index (χ1v) is 6.01. The summed E-state index contributed by atoms with van der Waals surface area (Å²) in [6, 6.07) is 7.98. The average molecular weight is 251 g/mol. The summed E-state index contributed by atoms with van der Waals surface area (Å²) < 4.78 is 0. The van der Waals surface area contributed by atoms with Crippen molar-refractivity contribution in [2.45, 2.75) is 26.7 Å². The summed E-state index contributed by atoms with van der Waals surface area (Å²) >= 11 is 5.03. The van der Waals surface area contributed by atoms with Crippen LogP contribution in [0.4, 0.5) is 5.69 Å². The molecule has 1 aromatic carbocycles. The SMILES string of the molecule is CCC(=O)NNC(=S)Nc1ccc(CC)cc1. The third kappa shape index (κ3) is 4.82. The third-order valence-corrected chi connectivity index (χ3v) is 2.46. The van der Waals surface area contributed by atoms with Gasteiger partial charge in [-0.15, -0.1) is 0 Å². The molecular weight excluding hydrogens is 234 g/mol. The minimum absolute atomic E-state index is 0.101. The molecule has 0 aliphatic heterocycles. The number of rotatable bonds is 3. The van der Waals surface area contributed by atoms with Gasteiger partial charge in [0.25, 0.3) is 0 Å². The Labute approximate surface area is 107 Å². The molecule has 0 radical (unpaired) electrons. The molecule has 1 rings (SSSR count). The number of hydrazine groups is 1. The van der Waals surface area contributed by atoms with Crippen molar-refractivity contribution in [2.24, 2.45) is 0 Å². The summed E-state index contributed by atoms with van der Waals surface area (Å²) in [6.45, 7) is 3.88. The molecule has 4 nitrogen and oxygen atoms in total. The topological polar surface area (TPSA) is 53.2 Å². The van der Waals surface area contributed by atoms with Gasteiger partial charge in [0.15, 0.2) is 5.11 Å². The van der Waals surface area contributed by atoms with Gasteiger partial charge in [0.2, 0.25) is 5.91 Å². The Balaban J connectivity index is 2.42. The Morgan fingerprint density at radius 3 is 2.35 bits per heavy atom. The van der Waals surface area contributed by atoms with Crippen molar-refractivity contribution in [2.75, 3.05) is 5.32 Å². The van der Waals surface area contributed by atoms with Crippen LogP contribution in [0.15, 0.2) is 24.3 Å². The predicted molar refractivity (Wildman–Crippen MR) is 73.6 cm³/mol. The van der Waals surface area contributed by atoms with Crippen molar-refractivity contribution in [1.29, 1.82) is 0 Å². The molecule has 0 atom stereocenters. The van der Waals surface area contributed by atoms with Gasteiger partial charge >= 0.3 is 0 Å².